The maximum atomic E-state index is 12.0. The van der Waals surface area contributed by atoms with Crippen LogP contribution in [0.3, 0.4) is 0 Å². The highest BCUT2D eigenvalue weighted by Crippen LogP contribution is 2.15. The van der Waals surface area contributed by atoms with Crippen molar-refractivity contribution in [2.24, 2.45) is 0 Å². The van der Waals surface area contributed by atoms with Crippen molar-refractivity contribution in [2.75, 3.05) is 12.4 Å². The van der Waals surface area contributed by atoms with E-state index in [1.54, 1.807) is 13.2 Å². The normalized spacial score (nSPS) is 11.0. The number of aromatic amines is 1. The summed E-state index contributed by atoms with van der Waals surface area (Å²) in [6, 6.07) is 7.38. The van der Waals surface area contributed by atoms with Crippen LogP contribution in [0.5, 0.6) is 5.75 Å². The van der Waals surface area contributed by atoms with E-state index in [0.29, 0.717) is 17.0 Å². The molecule has 110 valence electrons. The maximum Gasteiger partial charge on any atom is 0.249 e. The number of rotatable bonds is 4. The van der Waals surface area contributed by atoms with Crippen molar-refractivity contribution in [3.05, 3.63) is 48.6 Å². The van der Waals surface area contributed by atoms with Crippen molar-refractivity contribution in [3.63, 3.8) is 0 Å². The van der Waals surface area contributed by atoms with Crippen LogP contribution in [0.25, 0.3) is 17.2 Å². The van der Waals surface area contributed by atoms with Gasteiger partial charge in [-0.25, -0.2) is 15.0 Å². The second-order valence-electron chi connectivity index (χ2n) is 4.42. The van der Waals surface area contributed by atoms with Crippen LogP contribution in [-0.4, -0.2) is 33.0 Å². The molecule has 0 saturated heterocycles. The molecular weight excluding hydrogens is 282 g/mol. The summed E-state index contributed by atoms with van der Waals surface area (Å²) < 4.78 is 5.08. The van der Waals surface area contributed by atoms with Gasteiger partial charge in [0.1, 0.15) is 17.6 Å². The van der Waals surface area contributed by atoms with E-state index in [-0.39, 0.29) is 5.91 Å². The molecule has 0 aliphatic carbocycles. The van der Waals surface area contributed by atoms with Crippen LogP contribution in [0.1, 0.15) is 5.56 Å². The smallest absolute Gasteiger partial charge is 0.249 e. The predicted molar refractivity (Wildman–Crippen MR) is 82.3 cm³/mol. The van der Waals surface area contributed by atoms with Gasteiger partial charge >= 0.3 is 0 Å². The van der Waals surface area contributed by atoms with Crippen LogP contribution in [0.4, 0.5) is 5.82 Å². The van der Waals surface area contributed by atoms with E-state index in [2.05, 4.69) is 25.3 Å². The fourth-order valence-electron chi connectivity index (χ4n) is 1.91. The first-order valence-electron chi connectivity index (χ1n) is 6.53. The van der Waals surface area contributed by atoms with Crippen molar-refractivity contribution in [2.45, 2.75) is 0 Å². The van der Waals surface area contributed by atoms with Crippen LogP contribution < -0.4 is 10.1 Å². The molecular formula is C15H13N5O2. The minimum Gasteiger partial charge on any atom is -0.497 e. The molecule has 1 aromatic carbocycles. The van der Waals surface area contributed by atoms with Crippen LogP contribution in [0.15, 0.2) is 43.0 Å². The summed E-state index contributed by atoms with van der Waals surface area (Å²) >= 11 is 0. The Morgan fingerprint density at radius 2 is 2.05 bits per heavy atom. The zero-order valence-electron chi connectivity index (χ0n) is 11.8. The lowest BCUT2D eigenvalue weighted by atomic mass is 10.2. The Balaban J connectivity index is 1.71. The minimum atomic E-state index is -0.287. The molecule has 2 aromatic heterocycles. The average molecular weight is 295 g/mol. The van der Waals surface area contributed by atoms with Gasteiger partial charge in [-0.1, -0.05) is 12.1 Å². The van der Waals surface area contributed by atoms with E-state index in [0.717, 1.165) is 11.3 Å². The number of imidazole rings is 1. The van der Waals surface area contributed by atoms with Crippen molar-refractivity contribution in [1.29, 1.82) is 0 Å². The topological polar surface area (TPSA) is 92.8 Å². The quantitative estimate of drug-likeness (QED) is 0.718. The largest absolute Gasteiger partial charge is 0.497 e. The summed E-state index contributed by atoms with van der Waals surface area (Å²) in [6.45, 7) is 0. The molecule has 0 fully saturated rings. The van der Waals surface area contributed by atoms with Crippen LogP contribution in [0, 0.1) is 0 Å². The lowest BCUT2D eigenvalue weighted by Gasteiger charge is -2.01. The molecule has 0 unspecified atom stereocenters. The third kappa shape index (κ3) is 2.93. The Bertz CT molecular complexity index is 823. The zero-order valence-corrected chi connectivity index (χ0v) is 11.8. The lowest BCUT2D eigenvalue weighted by molar-refractivity contribution is -0.111. The zero-order chi connectivity index (χ0) is 15.4. The molecule has 0 aliphatic rings. The number of nitrogens with one attached hydrogen (secondary N) is 2. The number of carbonyl (C=O) groups excluding carboxylic acids is 1. The van der Waals surface area contributed by atoms with Crippen LogP contribution in [-0.2, 0) is 4.79 Å². The van der Waals surface area contributed by atoms with E-state index >= 15 is 0 Å². The number of hydrogen-bond donors (Lipinski definition) is 2. The molecule has 0 saturated carbocycles. The van der Waals surface area contributed by atoms with Gasteiger partial charge in [0.2, 0.25) is 5.91 Å². The number of fused-ring (bicyclic) bond motifs is 1. The van der Waals surface area contributed by atoms with Gasteiger partial charge in [0.15, 0.2) is 11.5 Å². The molecule has 2 heterocycles. The lowest BCUT2D eigenvalue weighted by Crippen LogP contribution is -2.09. The van der Waals surface area contributed by atoms with Gasteiger partial charge < -0.3 is 15.0 Å². The monoisotopic (exact) mass is 295 g/mol. The number of hydrogen-bond acceptors (Lipinski definition) is 5. The Morgan fingerprint density at radius 1 is 1.23 bits per heavy atom. The minimum absolute atomic E-state index is 0.287. The van der Waals surface area contributed by atoms with Crippen LogP contribution >= 0.6 is 0 Å². The summed E-state index contributed by atoms with van der Waals surface area (Å²) in [7, 11) is 1.61. The predicted octanol–water partition coefficient (Wildman–Crippen LogP) is 2.01. The third-order valence-corrected chi connectivity index (χ3v) is 3.01. The van der Waals surface area contributed by atoms with Gasteiger partial charge in [-0.05, 0) is 23.8 Å². The Kier molecular flexibility index (Phi) is 3.78. The Labute approximate surface area is 126 Å². The number of ether oxygens (including phenoxy) is 1. The third-order valence-electron chi connectivity index (χ3n) is 3.01. The molecule has 0 radical (unpaired) electrons. The second kappa shape index (κ2) is 6.04. The van der Waals surface area contributed by atoms with Crippen LogP contribution in [0.2, 0.25) is 0 Å². The number of carbonyl (C=O) groups is 1. The van der Waals surface area contributed by atoms with Gasteiger partial charge in [0.05, 0.1) is 13.4 Å². The number of benzene rings is 1. The van der Waals surface area contributed by atoms with Gasteiger partial charge in [-0.2, -0.15) is 0 Å². The van der Waals surface area contributed by atoms with E-state index < -0.39 is 0 Å². The fraction of sp³-hybridized carbons (Fsp3) is 0.0667. The Morgan fingerprint density at radius 3 is 2.82 bits per heavy atom. The number of H-pyrrole nitrogens is 1. The summed E-state index contributed by atoms with van der Waals surface area (Å²) in [6.07, 6.45) is 6.00. The highest BCUT2D eigenvalue weighted by molar-refractivity contribution is 6.04. The van der Waals surface area contributed by atoms with Crippen molar-refractivity contribution < 1.29 is 9.53 Å². The molecule has 7 nitrogen and oxygen atoms in total. The first-order valence-corrected chi connectivity index (χ1v) is 6.53. The molecule has 2 N–H and O–H groups in total. The molecule has 1 amide bonds. The molecule has 0 atom stereocenters. The summed E-state index contributed by atoms with van der Waals surface area (Å²) in [4.78, 5) is 26.9. The van der Waals surface area contributed by atoms with Crippen molar-refractivity contribution in [1.82, 2.24) is 19.9 Å². The SMILES string of the molecule is COc1ccc(/C=C/C(=O)Nc2ncnc3nc[nH]c23)cc1. The first kappa shape index (κ1) is 13.7. The van der Waals surface area contributed by atoms with Gasteiger partial charge in [-0.3, -0.25) is 4.79 Å². The first-order chi connectivity index (χ1) is 10.8. The summed E-state index contributed by atoms with van der Waals surface area (Å²) in [5.41, 5.74) is 1.99. The molecule has 0 aliphatic heterocycles. The fourth-order valence-corrected chi connectivity index (χ4v) is 1.91. The number of anilines is 1. The Hall–Kier alpha value is -3.22. The highest BCUT2D eigenvalue weighted by Gasteiger charge is 2.07. The molecule has 3 rings (SSSR count). The van der Waals surface area contributed by atoms with Gasteiger partial charge in [0, 0.05) is 6.08 Å². The summed E-state index contributed by atoms with van der Waals surface area (Å²) in [5.74, 6) is 0.876. The van der Waals surface area contributed by atoms with Crippen molar-refractivity contribution >= 4 is 29.0 Å². The van der Waals surface area contributed by atoms with E-state index in [9.17, 15) is 4.79 Å². The van der Waals surface area contributed by atoms with Gasteiger partial charge in [0.25, 0.3) is 0 Å². The standard InChI is InChI=1S/C15H13N5O2/c1-22-11-5-2-10(3-6-11)4-7-12(21)20-15-13-14(17-8-16-13)18-9-19-15/h2-9H,1H3,(H2,16,17,18,19,20,21)/b7-4+. The highest BCUT2D eigenvalue weighted by atomic mass is 16.5. The second-order valence-corrected chi connectivity index (χ2v) is 4.42. The molecule has 7 heteroatoms. The van der Waals surface area contributed by atoms with E-state index in [4.69, 9.17) is 4.74 Å². The number of methoxy groups -OCH3 is 1. The van der Waals surface area contributed by atoms with Gasteiger partial charge in [-0.15, -0.1) is 0 Å². The number of nitrogens with zero attached hydrogens (tertiary/aromatic N) is 3. The van der Waals surface area contributed by atoms with Crippen molar-refractivity contribution in [3.8, 4) is 5.75 Å². The average Bonchev–Trinajstić information content (AvgIpc) is 3.03. The molecule has 22 heavy (non-hydrogen) atoms. The number of amides is 1. The molecule has 3 aromatic rings. The molecule has 0 spiro atoms. The molecule has 0 bridgehead atoms. The number of aromatic nitrogens is 4. The van der Waals surface area contributed by atoms with E-state index in [1.165, 1.54) is 18.7 Å². The van der Waals surface area contributed by atoms with E-state index in [1.807, 2.05) is 24.3 Å². The maximum absolute atomic E-state index is 12.0. The summed E-state index contributed by atoms with van der Waals surface area (Å²) in [5, 5.41) is 2.69.